The van der Waals surface area contributed by atoms with Crippen LogP contribution in [0.25, 0.3) is 0 Å². The van der Waals surface area contributed by atoms with Crippen LogP contribution in [0.15, 0.2) is 35.4 Å². The van der Waals surface area contributed by atoms with Crippen molar-refractivity contribution >= 4 is 11.8 Å². The zero-order valence-electron chi connectivity index (χ0n) is 9.53. The SMILES string of the molecule is CNCc1cnc(CSc2ccccc2F)[nH]1. The van der Waals surface area contributed by atoms with Crippen molar-refractivity contribution in [3.05, 3.63) is 47.8 Å². The van der Waals surface area contributed by atoms with Gasteiger partial charge in [-0.3, -0.25) is 0 Å². The Kier molecular flexibility index (Phi) is 4.17. The van der Waals surface area contributed by atoms with Gasteiger partial charge in [0.25, 0.3) is 0 Å². The molecule has 0 unspecified atom stereocenters. The van der Waals surface area contributed by atoms with Crippen LogP contribution in [-0.2, 0) is 12.3 Å². The van der Waals surface area contributed by atoms with E-state index in [1.54, 1.807) is 18.3 Å². The van der Waals surface area contributed by atoms with Gasteiger partial charge >= 0.3 is 0 Å². The molecule has 90 valence electrons. The van der Waals surface area contributed by atoms with Gasteiger partial charge in [-0.25, -0.2) is 9.37 Å². The van der Waals surface area contributed by atoms with Gasteiger partial charge < -0.3 is 10.3 Å². The summed E-state index contributed by atoms with van der Waals surface area (Å²) in [5.74, 6) is 1.33. The molecule has 0 amide bonds. The Labute approximate surface area is 104 Å². The number of nitrogens with zero attached hydrogens (tertiary/aromatic N) is 1. The summed E-state index contributed by atoms with van der Waals surface area (Å²) in [6.07, 6.45) is 1.80. The van der Waals surface area contributed by atoms with E-state index in [1.165, 1.54) is 17.8 Å². The molecule has 2 aromatic rings. The highest BCUT2D eigenvalue weighted by molar-refractivity contribution is 7.98. The van der Waals surface area contributed by atoms with Gasteiger partial charge in [0.15, 0.2) is 0 Å². The van der Waals surface area contributed by atoms with Crippen LogP contribution in [0.1, 0.15) is 11.5 Å². The molecule has 0 aliphatic carbocycles. The smallest absolute Gasteiger partial charge is 0.136 e. The molecule has 2 rings (SSSR count). The molecule has 17 heavy (non-hydrogen) atoms. The summed E-state index contributed by atoms with van der Waals surface area (Å²) in [6.45, 7) is 0.761. The maximum atomic E-state index is 13.4. The first kappa shape index (κ1) is 12.1. The van der Waals surface area contributed by atoms with Crippen LogP contribution in [0.3, 0.4) is 0 Å². The van der Waals surface area contributed by atoms with Gasteiger partial charge in [0.2, 0.25) is 0 Å². The molecule has 0 fully saturated rings. The maximum absolute atomic E-state index is 13.4. The second-order valence-corrected chi connectivity index (χ2v) is 4.62. The number of aromatic amines is 1. The van der Waals surface area contributed by atoms with E-state index in [9.17, 15) is 4.39 Å². The quantitative estimate of drug-likeness (QED) is 0.802. The van der Waals surface area contributed by atoms with Crippen LogP contribution in [0.2, 0.25) is 0 Å². The lowest BCUT2D eigenvalue weighted by molar-refractivity contribution is 0.602. The van der Waals surface area contributed by atoms with E-state index < -0.39 is 0 Å². The third-order valence-corrected chi connectivity index (χ3v) is 3.31. The fraction of sp³-hybridized carbons (Fsp3) is 0.250. The van der Waals surface area contributed by atoms with Crippen LogP contribution in [-0.4, -0.2) is 17.0 Å². The van der Waals surface area contributed by atoms with Gasteiger partial charge in [0, 0.05) is 23.3 Å². The first-order valence-electron chi connectivity index (χ1n) is 5.34. The lowest BCUT2D eigenvalue weighted by atomic mass is 10.3. The molecule has 0 saturated heterocycles. The Hall–Kier alpha value is -1.33. The molecule has 1 aromatic heterocycles. The molecular formula is C12H14FN3S. The number of halogens is 1. The molecule has 1 heterocycles. The third kappa shape index (κ3) is 3.31. The van der Waals surface area contributed by atoms with Crippen molar-refractivity contribution in [2.75, 3.05) is 7.05 Å². The second kappa shape index (κ2) is 5.84. The molecule has 0 aliphatic rings. The Morgan fingerprint density at radius 2 is 2.24 bits per heavy atom. The normalized spacial score (nSPS) is 10.7. The van der Waals surface area contributed by atoms with Gasteiger partial charge in [-0.15, -0.1) is 11.8 Å². The summed E-state index contributed by atoms with van der Waals surface area (Å²) < 4.78 is 13.4. The second-order valence-electron chi connectivity index (χ2n) is 3.60. The number of aromatic nitrogens is 2. The van der Waals surface area contributed by atoms with Crippen molar-refractivity contribution in [2.45, 2.75) is 17.2 Å². The highest BCUT2D eigenvalue weighted by Crippen LogP contribution is 2.23. The predicted molar refractivity (Wildman–Crippen MR) is 67.3 cm³/mol. The maximum Gasteiger partial charge on any atom is 0.136 e. The van der Waals surface area contributed by atoms with E-state index in [0.717, 1.165) is 18.1 Å². The molecule has 0 bridgehead atoms. The van der Waals surface area contributed by atoms with Gasteiger partial charge in [-0.2, -0.15) is 0 Å². The zero-order chi connectivity index (χ0) is 12.1. The van der Waals surface area contributed by atoms with Crippen LogP contribution in [0.4, 0.5) is 4.39 Å². The number of thioether (sulfide) groups is 1. The van der Waals surface area contributed by atoms with Gasteiger partial charge in [0.1, 0.15) is 11.6 Å². The molecule has 1 aromatic carbocycles. The molecule has 2 N–H and O–H groups in total. The molecular weight excluding hydrogens is 237 g/mol. The van der Waals surface area contributed by atoms with Crippen LogP contribution in [0.5, 0.6) is 0 Å². The van der Waals surface area contributed by atoms with Crippen molar-refractivity contribution in [1.29, 1.82) is 0 Å². The van der Waals surface area contributed by atoms with E-state index in [2.05, 4.69) is 15.3 Å². The number of nitrogens with one attached hydrogen (secondary N) is 2. The van der Waals surface area contributed by atoms with Crippen molar-refractivity contribution in [3.63, 3.8) is 0 Å². The molecule has 3 nitrogen and oxygen atoms in total. The minimum absolute atomic E-state index is 0.181. The standard InChI is InChI=1S/C12H14FN3S/c1-14-6-9-7-15-12(16-9)8-17-11-5-3-2-4-10(11)13/h2-5,7,14H,6,8H2,1H3,(H,15,16). The zero-order valence-corrected chi connectivity index (χ0v) is 10.4. The lowest BCUT2D eigenvalue weighted by Gasteiger charge is -2.00. The topological polar surface area (TPSA) is 40.7 Å². The highest BCUT2D eigenvalue weighted by Gasteiger charge is 2.04. The van der Waals surface area contributed by atoms with Crippen molar-refractivity contribution < 1.29 is 4.39 Å². The number of H-pyrrole nitrogens is 1. The number of hydrogen-bond acceptors (Lipinski definition) is 3. The molecule has 0 radical (unpaired) electrons. The first-order chi connectivity index (χ1) is 8.29. The van der Waals surface area contributed by atoms with Gasteiger partial charge in [0.05, 0.1) is 5.75 Å². The number of rotatable bonds is 5. The van der Waals surface area contributed by atoms with Crippen LogP contribution >= 0.6 is 11.8 Å². The molecule has 0 aliphatic heterocycles. The molecule has 5 heteroatoms. The van der Waals surface area contributed by atoms with Crippen molar-refractivity contribution in [3.8, 4) is 0 Å². The summed E-state index contributed by atoms with van der Waals surface area (Å²) in [5.41, 5.74) is 1.04. The minimum atomic E-state index is -0.181. The van der Waals surface area contributed by atoms with Crippen molar-refractivity contribution in [2.24, 2.45) is 0 Å². The monoisotopic (exact) mass is 251 g/mol. The minimum Gasteiger partial charge on any atom is -0.344 e. The predicted octanol–water partition coefficient (Wildman–Crippen LogP) is 2.56. The van der Waals surface area contributed by atoms with Gasteiger partial charge in [-0.1, -0.05) is 12.1 Å². The van der Waals surface area contributed by atoms with Gasteiger partial charge in [-0.05, 0) is 19.2 Å². The fourth-order valence-electron chi connectivity index (χ4n) is 1.47. The van der Waals surface area contributed by atoms with E-state index in [1.807, 2.05) is 13.1 Å². The Morgan fingerprint density at radius 3 is 3.00 bits per heavy atom. The Bertz CT molecular complexity index is 484. The number of benzene rings is 1. The average Bonchev–Trinajstić information content (AvgIpc) is 2.76. The van der Waals surface area contributed by atoms with Crippen molar-refractivity contribution in [1.82, 2.24) is 15.3 Å². The van der Waals surface area contributed by atoms with Crippen LogP contribution < -0.4 is 5.32 Å². The molecule has 0 spiro atoms. The fourth-order valence-corrected chi connectivity index (χ4v) is 2.29. The number of hydrogen-bond donors (Lipinski definition) is 2. The Morgan fingerprint density at radius 1 is 1.41 bits per heavy atom. The Balaban J connectivity index is 1.95. The van der Waals surface area contributed by atoms with E-state index in [-0.39, 0.29) is 5.82 Å². The molecule has 0 saturated carbocycles. The lowest BCUT2D eigenvalue weighted by Crippen LogP contribution is -2.05. The first-order valence-corrected chi connectivity index (χ1v) is 6.33. The summed E-state index contributed by atoms with van der Waals surface area (Å²) in [6, 6.07) is 6.77. The summed E-state index contributed by atoms with van der Waals surface area (Å²) in [7, 11) is 1.88. The molecule has 0 atom stereocenters. The van der Waals surface area contributed by atoms with E-state index >= 15 is 0 Å². The van der Waals surface area contributed by atoms with Crippen LogP contribution in [0, 0.1) is 5.82 Å². The third-order valence-electron chi connectivity index (χ3n) is 2.25. The highest BCUT2D eigenvalue weighted by atomic mass is 32.2. The largest absolute Gasteiger partial charge is 0.344 e. The average molecular weight is 251 g/mol. The number of imidazole rings is 1. The van der Waals surface area contributed by atoms with E-state index in [4.69, 9.17) is 0 Å². The van der Waals surface area contributed by atoms with E-state index in [0.29, 0.717) is 10.6 Å². The summed E-state index contributed by atoms with van der Waals surface area (Å²) >= 11 is 1.44. The summed E-state index contributed by atoms with van der Waals surface area (Å²) in [5, 5.41) is 3.04. The summed E-state index contributed by atoms with van der Waals surface area (Å²) in [4.78, 5) is 8.08.